The van der Waals surface area contributed by atoms with Crippen LogP contribution in [0.4, 0.5) is 0 Å². The molecule has 1 unspecified atom stereocenters. The molecule has 0 fully saturated rings. The molecule has 17 heavy (non-hydrogen) atoms. The number of methoxy groups -OCH3 is 1. The van der Waals surface area contributed by atoms with Crippen LogP contribution in [0, 0.1) is 5.41 Å². The van der Waals surface area contributed by atoms with Gasteiger partial charge < -0.3 is 15.0 Å². The van der Waals surface area contributed by atoms with Crippen molar-refractivity contribution < 1.29 is 4.74 Å². The molecule has 0 aromatic heterocycles. The van der Waals surface area contributed by atoms with Crippen LogP contribution in [0.15, 0.2) is 39.7 Å². The van der Waals surface area contributed by atoms with Gasteiger partial charge in [-0.3, -0.25) is 5.41 Å². The number of aliphatic imine (C=N–C) groups is 1. The number of hydrogen-bond donors (Lipinski definition) is 2. The normalized spacial score (nSPS) is 22.6. The van der Waals surface area contributed by atoms with Gasteiger partial charge in [-0.2, -0.15) is 4.99 Å². The van der Waals surface area contributed by atoms with E-state index in [-0.39, 0.29) is 12.0 Å². The van der Waals surface area contributed by atoms with Gasteiger partial charge in [-0.25, -0.2) is 0 Å². The first-order valence-corrected chi connectivity index (χ1v) is 5.89. The molecule has 5 nitrogen and oxygen atoms in total. The average Bonchev–Trinajstić information content (AvgIpc) is 2.71. The van der Waals surface area contributed by atoms with Gasteiger partial charge >= 0.3 is 0 Å². The van der Waals surface area contributed by atoms with Crippen LogP contribution in [-0.4, -0.2) is 29.9 Å². The van der Waals surface area contributed by atoms with E-state index in [0.717, 1.165) is 4.48 Å². The number of fused-ring (bicyclic) bond motifs is 1. The monoisotopic (exact) mass is 296 g/mol. The van der Waals surface area contributed by atoms with Crippen molar-refractivity contribution in [3.05, 3.63) is 34.7 Å². The molecule has 2 aliphatic heterocycles. The Morgan fingerprint density at radius 1 is 1.65 bits per heavy atom. The molecule has 2 heterocycles. The summed E-state index contributed by atoms with van der Waals surface area (Å²) in [5, 5.41) is 11.1. The minimum atomic E-state index is 0.0599. The standard InChI is InChI=1S/C11H13BrN4O/c1-7(17-2)15-11(13)9-5-14-10-4-3-8(12)6-16(9)10/h3-6,10,13-14H,1-2H3/b13-11?,15-7-. The number of hydrogen-bond acceptors (Lipinski definition) is 4. The summed E-state index contributed by atoms with van der Waals surface area (Å²) >= 11 is 3.41. The van der Waals surface area contributed by atoms with Crippen LogP contribution in [0.3, 0.4) is 0 Å². The van der Waals surface area contributed by atoms with Crippen molar-refractivity contribution in [2.75, 3.05) is 7.11 Å². The highest BCUT2D eigenvalue weighted by Gasteiger charge is 2.27. The molecule has 1 atom stereocenters. The molecule has 0 saturated carbocycles. The summed E-state index contributed by atoms with van der Waals surface area (Å²) in [6.07, 6.45) is 7.74. The predicted octanol–water partition coefficient (Wildman–Crippen LogP) is 1.91. The van der Waals surface area contributed by atoms with Crippen LogP contribution >= 0.6 is 15.9 Å². The molecular weight excluding hydrogens is 284 g/mol. The summed E-state index contributed by atoms with van der Waals surface area (Å²) < 4.78 is 5.90. The van der Waals surface area contributed by atoms with Gasteiger partial charge in [0.2, 0.25) is 0 Å². The summed E-state index contributed by atoms with van der Waals surface area (Å²) in [5.41, 5.74) is 0.715. The minimum absolute atomic E-state index is 0.0599. The Kier molecular flexibility index (Phi) is 3.33. The Bertz CT molecular complexity index is 464. The molecule has 2 N–H and O–H groups in total. The molecule has 2 aliphatic rings. The van der Waals surface area contributed by atoms with E-state index in [9.17, 15) is 0 Å². The molecule has 0 aliphatic carbocycles. The van der Waals surface area contributed by atoms with Crippen LogP contribution in [0.2, 0.25) is 0 Å². The molecule has 0 spiro atoms. The second-order valence-corrected chi connectivity index (χ2v) is 4.52. The van der Waals surface area contributed by atoms with Crippen LogP contribution in [-0.2, 0) is 4.74 Å². The van der Waals surface area contributed by atoms with Crippen LogP contribution in [0.1, 0.15) is 6.92 Å². The zero-order chi connectivity index (χ0) is 12.4. The van der Waals surface area contributed by atoms with E-state index in [1.165, 1.54) is 7.11 Å². The Morgan fingerprint density at radius 3 is 3.12 bits per heavy atom. The number of rotatable bonds is 1. The number of allylic oxidation sites excluding steroid dienone is 2. The lowest BCUT2D eigenvalue weighted by molar-refractivity contribution is 0.399. The fourth-order valence-corrected chi connectivity index (χ4v) is 1.95. The number of nitrogens with one attached hydrogen (secondary N) is 2. The summed E-state index contributed by atoms with van der Waals surface area (Å²) in [7, 11) is 1.54. The highest BCUT2D eigenvalue weighted by molar-refractivity contribution is 9.11. The highest BCUT2D eigenvalue weighted by Crippen LogP contribution is 2.25. The Labute approximate surface area is 108 Å². The fourth-order valence-electron chi connectivity index (χ4n) is 1.58. The smallest absolute Gasteiger partial charge is 0.186 e. The Hall–Kier alpha value is -1.56. The van der Waals surface area contributed by atoms with Gasteiger partial charge in [0.05, 0.1) is 7.11 Å². The van der Waals surface area contributed by atoms with Gasteiger partial charge in [-0.05, 0) is 28.1 Å². The zero-order valence-corrected chi connectivity index (χ0v) is 11.2. The summed E-state index contributed by atoms with van der Waals surface area (Å²) in [5.74, 6) is 0.640. The molecular formula is C11H13BrN4O. The van der Waals surface area contributed by atoms with E-state index in [4.69, 9.17) is 10.1 Å². The highest BCUT2D eigenvalue weighted by atomic mass is 79.9. The Balaban J connectivity index is 2.19. The topological polar surface area (TPSA) is 60.7 Å². The molecule has 0 amide bonds. The predicted molar refractivity (Wildman–Crippen MR) is 70.8 cm³/mol. The van der Waals surface area contributed by atoms with Crippen LogP contribution in [0.5, 0.6) is 0 Å². The molecule has 2 rings (SSSR count). The fraction of sp³-hybridized carbons (Fsp3) is 0.273. The number of halogens is 1. The van der Waals surface area contributed by atoms with E-state index in [1.54, 1.807) is 13.1 Å². The van der Waals surface area contributed by atoms with E-state index in [1.807, 2.05) is 23.3 Å². The first kappa shape index (κ1) is 11.9. The van der Waals surface area contributed by atoms with E-state index in [2.05, 4.69) is 26.2 Å². The molecule has 90 valence electrons. The van der Waals surface area contributed by atoms with E-state index in [0.29, 0.717) is 11.6 Å². The summed E-state index contributed by atoms with van der Waals surface area (Å²) in [6.45, 7) is 1.72. The maximum absolute atomic E-state index is 7.92. The number of ether oxygens (including phenoxy) is 1. The molecule has 0 radical (unpaired) electrons. The number of amidine groups is 1. The van der Waals surface area contributed by atoms with Gasteiger partial charge in [-0.15, -0.1) is 0 Å². The van der Waals surface area contributed by atoms with E-state index < -0.39 is 0 Å². The Morgan fingerprint density at radius 2 is 2.41 bits per heavy atom. The van der Waals surface area contributed by atoms with Gasteiger partial charge in [0.25, 0.3) is 0 Å². The third-order valence-corrected chi connectivity index (χ3v) is 2.95. The molecule has 0 aromatic rings. The van der Waals surface area contributed by atoms with Crippen molar-refractivity contribution >= 4 is 27.7 Å². The lowest BCUT2D eigenvalue weighted by Gasteiger charge is -2.25. The maximum atomic E-state index is 7.92. The third-order valence-electron chi connectivity index (χ3n) is 2.48. The van der Waals surface area contributed by atoms with Gasteiger partial charge in [0, 0.05) is 23.8 Å². The number of nitrogens with zero attached hydrogens (tertiary/aromatic N) is 2. The first-order chi connectivity index (χ1) is 8.11. The quantitative estimate of drug-likeness (QED) is 0.574. The zero-order valence-electron chi connectivity index (χ0n) is 9.57. The van der Waals surface area contributed by atoms with Crippen molar-refractivity contribution in [1.82, 2.24) is 10.2 Å². The average molecular weight is 297 g/mol. The SMILES string of the molecule is CO/C(C)=N\C(=N)C1=CNC2C=CC(Br)=CN12. The van der Waals surface area contributed by atoms with Crippen molar-refractivity contribution in [3.63, 3.8) is 0 Å². The van der Waals surface area contributed by atoms with E-state index >= 15 is 0 Å². The third kappa shape index (κ3) is 2.41. The van der Waals surface area contributed by atoms with Crippen molar-refractivity contribution in [1.29, 1.82) is 5.41 Å². The largest absolute Gasteiger partial charge is 0.484 e. The second kappa shape index (κ2) is 4.75. The van der Waals surface area contributed by atoms with Crippen LogP contribution in [0.25, 0.3) is 0 Å². The molecule has 0 saturated heterocycles. The van der Waals surface area contributed by atoms with Crippen molar-refractivity contribution in [2.24, 2.45) is 4.99 Å². The first-order valence-electron chi connectivity index (χ1n) is 5.10. The van der Waals surface area contributed by atoms with Gasteiger partial charge in [-0.1, -0.05) is 0 Å². The van der Waals surface area contributed by atoms with Crippen molar-refractivity contribution in [2.45, 2.75) is 13.1 Å². The molecule has 0 bridgehead atoms. The summed E-state index contributed by atoms with van der Waals surface area (Å²) in [6, 6.07) is 0. The minimum Gasteiger partial charge on any atom is -0.484 e. The molecule has 0 aromatic carbocycles. The summed E-state index contributed by atoms with van der Waals surface area (Å²) in [4.78, 5) is 6.00. The van der Waals surface area contributed by atoms with Crippen LogP contribution < -0.4 is 5.32 Å². The van der Waals surface area contributed by atoms with Gasteiger partial charge in [0.15, 0.2) is 11.7 Å². The van der Waals surface area contributed by atoms with Crippen molar-refractivity contribution in [3.8, 4) is 0 Å². The molecule has 6 heteroatoms. The lowest BCUT2D eigenvalue weighted by atomic mass is 10.3. The maximum Gasteiger partial charge on any atom is 0.186 e. The van der Waals surface area contributed by atoms with Gasteiger partial charge in [0.1, 0.15) is 11.9 Å². The second-order valence-electron chi connectivity index (χ2n) is 3.61. The lowest BCUT2D eigenvalue weighted by Crippen LogP contribution is -2.34.